The molecular weight excluding hydrogens is 1330 g/mol. The molecule has 1 rings (SSSR count). The highest BCUT2D eigenvalue weighted by atomic mass is 32.2. The zero-order chi connectivity index (χ0) is 75.3. The Morgan fingerprint density at radius 3 is 0.990 bits per heavy atom. The Morgan fingerprint density at radius 1 is 0.440 bits per heavy atom. The van der Waals surface area contributed by atoms with E-state index in [2.05, 4.69) is 72.8 Å². The lowest BCUT2D eigenvalue weighted by Crippen LogP contribution is -2.60. The number of hydrogen-bond donors (Lipinski definition) is 24. The second-order valence-electron chi connectivity index (χ2n) is 23.7. The van der Waals surface area contributed by atoms with Gasteiger partial charge in [-0.15, -0.1) is 0 Å². The molecule has 10 amide bonds. The predicted molar refractivity (Wildman–Crippen MR) is 379 cm³/mol. The topological polar surface area (TPSA) is 740 Å². The van der Waals surface area contributed by atoms with Crippen LogP contribution in [0.25, 0.3) is 0 Å². The van der Waals surface area contributed by atoms with E-state index in [4.69, 9.17) is 74.5 Å². The number of unbranched alkanes of at least 4 members (excludes halogenated alkanes) is 2. The molecule has 0 bridgehead atoms. The minimum Gasteiger partial charge on any atom is -0.480 e. The monoisotopic (exact) mass is 1440 g/mol. The van der Waals surface area contributed by atoms with Crippen molar-refractivity contribution in [3.8, 4) is 0 Å². The van der Waals surface area contributed by atoms with E-state index in [9.17, 15) is 63.0 Å². The van der Waals surface area contributed by atoms with Gasteiger partial charge in [0.2, 0.25) is 59.1 Å². The van der Waals surface area contributed by atoms with Crippen molar-refractivity contribution in [2.24, 2.45) is 99.5 Å². The van der Waals surface area contributed by atoms with E-state index < -0.39 is 138 Å². The van der Waals surface area contributed by atoms with Gasteiger partial charge in [0.25, 0.3) is 0 Å². The molecule has 37 N–H and O–H groups in total. The fourth-order valence-electron chi connectivity index (χ4n) is 10.1. The Morgan fingerprint density at radius 2 is 0.720 bits per heavy atom. The van der Waals surface area contributed by atoms with E-state index >= 15 is 0 Å². The lowest BCUT2D eigenvalue weighted by molar-refractivity contribution is -0.142. The Hall–Kier alpha value is -9.29. The number of rotatable bonds is 52. The zero-order valence-corrected chi connectivity index (χ0v) is 58.2. The second-order valence-corrected chi connectivity index (χ2v) is 24.6. The number of likely N-dealkylation sites (tertiary alicyclic amines) is 1. The summed E-state index contributed by atoms with van der Waals surface area (Å²) in [7, 11) is 0. The molecule has 100 heavy (non-hydrogen) atoms. The summed E-state index contributed by atoms with van der Waals surface area (Å²) in [6.07, 6.45) is 2.30. The number of hydrogen-bond acceptors (Lipinski definition) is 21. The van der Waals surface area contributed by atoms with Crippen molar-refractivity contribution in [1.29, 1.82) is 0 Å². The van der Waals surface area contributed by atoms with Gasteiger partial charge in [0, 0.05) is 39.3 Å². The van der Waals surface area contributed by atoms with E-state index in [1.54, 1.807) is 6.26 Å². The molecular formula is C58H112N28O13S. The molecule has 41 nitrogen and oxygen atoms in total. The molecule has 0 aliphatic carbocycles. The first kappa shape index (κ1) is 88.7. The summed E-state index contributed by atoms with van der Waals surface area (Å²) in [5.41, 5.74) is 73.2. The van der Waals surface area contributed by atoms with Gasteiger partial charge in [0.15, 0.2) is 29.8 Å². The van der Waals surface area contributed by atoms with Gasteiger partial charge >= 0.3 is 5.97 Å². The van der Waals surface area contributed by atoms with Crippen molar-refractivity contribution >= 4 is 107 Å². The lowest BCUT2D eigenvalue weighted by atomic mass is 10.0. The van der Waals surface area contributed by atoms with E-state index in [0.29, 0.717) is 31.4 Å². The smallest absolute Gasteiger partial charge is 0.322 e. The third-order valence-electron chi connectivity index (χ3n) is 15.4. The molecule has 0 radical (unpaired) electrons. The molecule has 0 aromatic rings. The number of carbonyl (C=O) groups is 11. The van der Waals surface area contributed by atoms with Crippen LogP contribution in [0.1, 0.15) is 129 Å². The van der Waals surface area contributed by atoms with Crippen molar-refractivity contribution in [2.75, 3.05) is 70.9 Å². The average molecular weight is 1440 g/mol. The van der Waals surface area contributed by atoms with Gasteiger partial charge in [0.05, 0.1) is 6.10 Å². The Kier molecular flexibility index (Phi) is 44.4. The van der Waals surface area contributed by atoms with Crippen LogP contribution >= 0.6 is 11.8 Å². The van der Waals surface area contributed by atoms with Crippen molar-refractivity contribution in [1.82, 2.24) is 52.8 Å². The van der Waals surface area contributed by atoms with Gasteiger partial charge in [-0.25, -0.2) is 0 Å². The normalized spacial score (nSPS) is 15.4. The molecule has 0 aromatic heterocycles. The van der Waals surface area contributed by atoms with Gasteiger partial charge < -0.3 is 138 Å². The lowest BCUT2D eigenvalue weighted by Gasteiger charge is -2.30. The minimum absolute atomic E-state index is 0.00797. The zero-order valence-electron chi connectivity index (χ0n) is 57.3. The number of guanidine groups is 5. The number of thioether (sulfide) groups is 1. The van der Waals surface area contributed by atoms with Gasteiger partial charge in [-0.1, -0.05) is 0 Å². The molecule has 1 aliphatic heterocycles. The van der Waals surface area contributed by atoms with Crippen LogP contribution in [-0.2, 0) is 52.7 Å². The summed E-state index contributed by atoms with van der Waals surface area (Å²) in [6.45, 7) is 1.10. The first-order valence-corrected chi connectivity index (χ1v) is 34.6. The van der Waals surface area contributed by atoms with Crippen LogP contribution in [0.3, 0.4) is 0 Å². The minimum atomic E-state index is -1.52. The summed E-state index contributed by atoms with van der Waals surface area (Å²) in [6, 6.07) is -13.7. The van der Waals surface area contributed by atoms with Gasteiger partial charge in [-0.3, -0.25) is 77.7 Å². The highest BCUT2D eigenvalue weighted by molar-refractivity contribution is 7.98. The molecule has 0 unspecified atom stereocenters. The van der Waals surface area contributed by atoms with Crippen LogP contribution < -0.4 is 122 Å². The van der Waals surface area contributed by atoms with Crippen molar-refractivity contribution < 1.29 is 63.0 Å². The number of carboxylic acids is 1. The van der Waals surface area contributed by atoms with Crippen molar-refractivity contribution in [3.05, 3.63) is 0 Å². The number of aliphatic carboxylic acids is 1. The number of nitrogens with zero attached hydrogens (tertiary/aromatic N) is 6. The number of aliphatic hydroxyl groups excluding tert-OH is 1. The molecule has 0 saturated carbocycles. The number of carbonyl (C=O) groups excluding carboxylic acids is 10. The molecule has 42 heteroatoms. The molecule has 568 valence electrons. The number of amides is 10. The van der Waals surface area contributed by atoms with Crippen molar-refractivity contribution in [2.45, 2.75) is 195 Å². The first-order chi connectivity index (χ1) is 47.4. The maximum atomic E-state index is 14.8. The number of carboxylic acid groups (broad SMARTS) is 1. The number of nitrogens with two attached hydrogens (primary N) is 13. The molecule has 0 spiro atoms. The summed E-state index contributed by atoms with van der Waals surface area (Å²) in [4.78, 5) is 175. The number of aliphatic imine (C=N–C) groups is 5. The van der Waals surface area contributed by atoms with E-state index in [-0.39, 0.29) is 178 Å². The molecule has 1 saturated heterocycles. The third-order valence-corrected chi connectivity index (χ3v) is 16.0. The summed E-state index contributed by atoms with van der Waals surface area (Å²) < 4.78 is 0. The first-order valence-electron chi connectivity index (χ1n) is 33.2. The second kappa shape index (κ2) is 50.1. The number of aliphatic hydroxyl groups is 1. The van der Waals surface area contributed by atoms with Gasteiger partial charge in [0.1, 0.15) is 67.0 Å². The highest BCUT2D eigenvalue weighted by Crippen LogP contribution is 2.20. The average Bonchev–Trinajstić information content (AvgIpc) is 1.63. The van der Waals surface area contributed by atoms with Crippen LogP contribution in [0.5, 0.6) is 0 Å². The van der Waals surface area contributed by atoms with Crippen molar-refractivity contribution in [3.63, 3.8) is 0 Å². The highest BCUT2D eigenvalue weighted by Gasteiger charge is 2.40. The van der Waals surface area contributed by atoms with Crippen LogP contribution in [0.2, 0.25) is 0 Å². The maximum absolute atomic E-state index is 14.8. The fourth-order valence-corrected chi connectivity index (χ4v) is 10.5. The van der Waals surface area contributed by atoms with E-state index in [0.717, 1.165) is 0 Å². The Bertz CT molecular complexity index is 2760. The van der Waals surface area contributed by atoms with Crippen LogP contribution in [0.4, 0.5) is 0 Å². The molecule has 1 heterocycles. The Balaban J connectivity index is 3.89. The molecule has 1 aliphatic rings. The Labute approximate surface area is 586 Å². The molecule has 11 atom stereocenters. The number of nitrogens with one attached hydrogen (secondary N) is 9. The van der Waals surface area contributed by atoms with E-state index in [1.165, 1.54) is 23.6 Å². The fraction of sp³-hybridized carbons (Fsp3) is 0.724. The molecule has 1 fully saturated rings. The standard InChI is InChI=1S/C58H112N28O13S/c1-32(87)43(61)53(99)86-29-12-20-41(86)52(98)85-39(19-11-28-76-58(70)71)50(96)84-40(21-30-100-2)51(97)83-38(18-10-27-75-57(68)69)49(95)82-37(17-9-26-74-56(66)67)48(94)81-36(16-8-25-73-55(64)65)47(93)80-35(14-4-6-23-60)46(92)79-34(13-3-5-22-59)45(91)78-33(15-7-24-72-54(62)63)44(90)77-31-42(88)89/h32-41,43,87H,3-31,59-61H2,1-2H3,(H,77,90)(H,78,91)(H,79,92)(H,80,93)(H,81,94)(H,82,95)(H,83,97)(H,84,96)(H,85,98)(H,88,89)(H4,62,63,72)(H4,64,65,73)(H4,66,67,74)(H4,68,69,75)(H4,70,71,76)/t32-,33+,34+,35+,36+,37+,38+,39+,40+,41+,43+/m1/s1. The summed E-state index contributed by atoms with van der Waals surface area (Å²) in [5.74, 6) is -10.8. The third kappa shape index (κ3) is 37.6. The van der Waals surface area contributed by atoms with Gasteiger partial charge in [-0.05, 0) is 154 Å². The summed E-state index contributed by atoms with van der Waals surface area (Å²) >= 11 is 1.33. The molecule has 0 aromatic carbocycles. The maximum Gasteiger partial charge on any atom is 0.322 e. The summed E-state index contributed by atoms with van der Waals surface area (Å²) in [5, 5.41) is 43.0. The largest absolute Gasteiger partial charge is 0.480 e. The quantitative estimate of drug-likeness (QED) is 0.0153. The van der Waals surface area contributed by atoms with Crippen LogP contribution in [0.15, 0.2) is 25.0 Å². The predicted octanol–water partition coefficient (Wildman–Crippen LogP) is -9.96. The van der Waals surface area contributed by atoms with Crippen LogP contribution in [0, 0.1) is 0 Å². The van der Waals surface area contributed by atoms with Crippen LogP contribution in [-0.4, -0.2) is 247 Å². The van der Waals surface area contributed by atoms with Gasteiger partial charge in [-0.2, -0.15) is 11.8 Å². The van der Waals surface area contributed by atoms with E-state index in [1.807, 2.05) is 0 Å². The SMILES string of the molecule is CSCC[C@H](NC(=O)[C@H](CCCN=C(N)N)NC(=O)[C@@H]1CCCN1C(=O)[C@@H](N)[C@@H](C)O)C(=O)N[C@@H](CCCN=C(N)N)C(=O)N[C@@H](CCCN=C(N)N)C(=O)N[C@@H](CCCN=C(N)N)C(=O)N[C@@H](CCCCN)C(=O)N[C@@H](CCCCN)C(=O)N[C@@H](CCCN=C(N)N)C(=O)NCC(=O)O.